The molecule has 2 aliphatic heterocycles. The van der Waals surface area contributed by atoms with Gasteiger partial charge in [-0.2, -0.15) is 0 Å². The molecule has 0 atom stereocenters. The van der Waals surface area contributed by atoms with Gasteiger partial charge in [0.15, 0.2) is 0 Å². The third-order valence-electron chi connectivity index (χ3n) is 16.7. The normalized spacial score (nSPS) is 13.8. The molecule has 0 radical (unpaired) electrons. The van der Waals surface area contributed by atoms with Crippen LogP contribution in [0.25, 0.3) is 55.0 Å². The van der Waals surface area contributed by atoms with Crippen molar-refractivity contribution in [3.63, 3.8) is 0 Å². The first kappa shape index (κ1) is 47.9. The largest absolute Gasteiger partial charge is 0.311 e. The van der Waals surface area contributed by atoms with Crippen LogP contribution < -0.4 is 26.2 Å². The van der Waals surface area contributed by atoms with Crippen LogP contribution in [0.4, 0.5) is 34.1 Å². The standard InChI is InChI=1S/C71H69BN4/c1-44-34-65-67-66(35-44)76(52-40-47(70(8,9)10)37-48(41-52)71(11,12)13)64-33-31-50(74-61-28-20-16-24-55(61)56-25-17-21-29-62(56)74)43-58(64)72(67)57-42-49(73-59-26-18-14-22-53(59)54-23-15-19-27-60(54)73)30-32-63(57)75(65)51-38-45(68(2,3)4)36-46(39-51)69(5,6)7/h14-43H,1-13H3. The molecule has 0 bridgehead atoms. The molecule has 2 aliphatic rings. The van der Waals surface area contributed by atoms with Crippen LogP contribution in [0.2, 0.25) is 0 Å². The molecule has 0 saturated heterocycles. The Balaban J connectivity index is 1.18. The zero-order valence-corrected chi connectivity index (χ0v) is 46.7. The molecule has 0 aliphatic carbocycles. The molecule has 5 heteroatoms. The summed E-state index contributed by atoms with van der Waals surface area (Å²) < 4.78 is 4.99. The monoisotopic (exact) mass is 989 g/mol. The van der Waals surface area contributed by atoms with Crippen LogP contribution in [0.5, 0.6) is 0 Å². The lowest BCUT2D eigenvalue weighted by Gasteiger charge is -2.45. The second-order valence-corrected chi connectivity index (χ2v) is 26.1. The maximum atomic E-state index is 2.63. The summed E-state index contributed by atoms with van der Waals surface area (Å²) >= 11 is 0. The van der Waals surface area contributed by atoms with Gasteiger partial charge in [0.25, 0.3) is 6.71 Å². The second kappa shape index (κ2) is 16.6. The van der Waals surface area contributed by atoms with Gasteiger partial charge in [0, 0.05) is 67.0 Å². The van der Waals surface area contributed by atoms with Gasteiger partial charge in [-0.15, -0.1) is 0 Å². The number of aryl methyl sites for hydroxylation is 1. The van der Waals surface area contributed by atoms with Gasteiger partial charge in [-0.1, -0.05) is 168 Å². The molecule has 0 N–H and O–H groups in total. The zero-order chi connectivity index (χ0) is 53.0. The molecule has 76 heavy (non-hydrogen) atoms. The topological polar surface area (TPSA) is 16.3 Å². The molecule has 376 valence electrons. The Morgan fingerprint density at radius 2 is 0.605 bits per heavy atom. The Labute approximate surface area is 450 Å². The van der Waals surface area contributed by atoms with Crippen LogP contribution in [0.3, 0.4) is 0 Å². The fraction of sp³-hybridized carbons (Fsp3) is 0.239. The summed E-state index contributed by atoms with van der Waals surface area (Å²) in [6.45, 7) is 30.4. The Kier molecular flexibility index (Phi) is 10.5. The fourth-order valence-corrected chi connectivity index (χ4v) is 12.6. The first-order valence-corrected chi connectivity index (χ1v) is 27.5. The molecule has 4 nitrogen and oxygen atoms in total. The van der Waals surface area contributed by atoms with E-state index < -0.39 is 0 Å². The lowest BCUT2D eigenvalue weighted by Crippen LogP contribution is -2.61. The maximum absolute atomic E-state index is 2.63. The molecule has 0 spiro atoms. The van der Waals surface area contributed by atoms with Crippen molar-refractivity contribution in [2.75, 3.05) is 9.80 Å². The van der Waals surface area contributed by atoms with E-state index >= 15 is 0 Å². The zero-order valence-electron chi connectivity index (χ0n) is 46.7. The minimum atomic E-state index is -0.120. The summed E-state index contributed by atoms with van der Waals surface area (Å²) in [6, 6.07) is 70.1. The van der Waals surface area contributed by atoms with Gasteiger partial charge in [-0.3, -0.25) is 0 Å². The minimum absolute atomic E-state index is 0.0780. The van der Waals surface area contributed by atoms with E-state index in [-0.39, 0.29) is 28.4 Å². The fourth-order valence-electron chi connectivity index (χ4n) is 12.6. The Morgan fingerprint density at radius 1 is 0.303 bits per heavy atom. The summed E-state index contributed by atoms with van der Waals surface area (Å²) in [5.41, 5.74) is 24.5. The maximum Gasteiger partial charge on any atom is 0.252 e. The number of anilines is 6. The van der Waals surface area contributed by atoms with Crippen molar-refractivity contribution in [1.82, 2.24) is 9.13 Å². The molecule has 11 aromatic rings. The van der Waals surface area contributed by atoms with Gasteiger partial charge in [0.2, 0.25) is 0 Å². The summed E-state index contributed by atoms with van der Waals surface area (Å²) in [4.78, 5) is 5.26. The predicted octanol–water partition coefficient (Wildman–Crippen LogP) is 17.5. The average Bonchev–Trinajstić information content (AvgIpc) is 4.05. The Hall–Kier alpha value is -7.76. The van der Waals surface area contributed by atoms with Crippen molar-refractivity contribution in [1.29, 1.82) is 0 Å². The van der Waals surface area contributed by atoms with Gasteiger partial charge in [0.1, 0.15) is 0 Å². The number of hydrogen-bond acceptors (Lipinski definition) is 2. The third-order valence-corrected chi connectivity index (χ3v) is 16.7. The smallest absolute Gasteiger partial charge is 0.252 e. The van der Waals surface area contributed by atoms with Crippen molar-refractivity contribution in [2.24, 2.45) is 0 Å². The van der Waals surface area contributed by atoms with E-state index in [1.807, 2.05) is 0 Å². The van der Waals surface area contributed by atoms with E-state index in [0.29, 0.717) is 0 Å². The summed E-state index contributed by atoms with van der Waals surface area (Å²) in [5.74, 6) is 0. The van der Waals surface area contributed by atoms with Crippen molar-refractivity contribution in [3.05, 3.63) is 210 Å². The summed E-state index contributed by atoms with van der Waals surface area (Å²) in [7, 11) is 0. The minimum Gasteiger partial charge on any atom is -0.311 e. The Bertz CT molecular complexity index is 3760. The summed E-state index contributed by atoms with van der Waals surface area (Å²) in [6.07, 6.45) is 0. The van der Waals surface area contributed by atoms with Crippen LogP contribution in [0.15, 0.2) is 182 Å². The van der Waals surface area contributed by atoms with Crippen molar-refractivity contribution >= 4 is 101 Å². The molecule has 0 unspecified atom stereocenters. The van der Waals surface area contributed by atoms with Crippen LogP contribution in [0.1, 0.15) is 111 Å². The van der Waals surface area contributed by atoms with Gasteiger partial charge < -0.3 is 18.9 Å². The van der Waals surface area contributed by atoms with E-state index in [0.717, 1.165) is 11.4 Å². The first-order chi connectivity index (χ1) is 36.1. The molecule has 0 saturated carbocycles. The van der Waals surface area contributed by atoms with Gasteiger partial charge in [0.05, 0.1) is 22.1 Å². The highest BCUT2D eigenvalue weighted by Gasteiger charge is 2.45. The van der Waals surface area contributed by atoms with Gasteiger partial charge in [-0.25, -0.2) is 0 Å². The van der Waals surface area contributed by atoms with E-state index in [9.17, 15) is 0 Å². The number of nitrogens with zero attached hydrogens (tertiary/aromatic N) is 4. The van der Waals surface area contributed by atoms with Crippen LogP contribution in [0, 0.1) is 6.92 Å². The molecular weight excluding hydrogens is 920 g/mol. The van der Waals surface area contributed by atoms with Crippen LogP contribution >= 0.6 is 0 Å². The second-order valence-electron chi connectivity index (χ2n) is 26.1. The number of rotatable bonds is 4. The molecule has 4 heterocycles. The molecule has 0 fully saturated rings. The van der Waals surface area contributed by atoms with Crippen LogP contribution in [-0.4, -0.2) is 15.8 Å². The lowest BCUT2D eigenvalue weighted by molar-refractivity contribution is 0.568. The highest BCUT2D eigenvalue weighted by molar-refractivity contribution is 7.00. The third kappa shape index (κ3) is 7.47. The van der Waals surface area contributed by atoms with Gasteiger partial charge >= 0.3 is 0 Å². The highest BCUT2D eigenvalue weighted by Crippen LogP contribution is 2.48. The van der Waals surface area contributed by atoms with E-state index in [2.05, 4.69) is 291 Å². The van der Waals surface area contributed by atoms with Crippen LogP contribution in [-0.2, 0) is 21.7 Å². The SMILES string of the molecule is Cc1cc2c3c(c1)N(c1cc(C(C)(C)C)cc(C(C)(C)C)c1)c1ccc(-n4c5ccccc5c5ccccc54)cc1B3c1cc(-n3c4ccccc4c4ccccc43)ccc1N2c1cc(C(C)(C)C)cc(C(C)(C)C)c1. The quantitative estimate of drug-likeness (QED) is 0.163. The number of fused-ring (bicyclic) bond motifs is 10. The van der Waals surface area contributed by atoms with E-state index in [1.54, 1.807) is 0 Å². The molecular formula is C71H69BN4. The summed E-state index contributed by atoms with van der Waals surface area (Å²) in [5, 5.41) is 5.04. The number of hydrogen-bond donors (Lipinski definition) is 0. The lowest BCUT2D eigenvalue weighted by atomic mass is 9.33. The predicted molar refractivity (Wildman–Crippen MR) is 329 cm³/mol. The highest BCUT2D eigenvalue weighted by atomic mass is 15.2. The number of aromatic nitrogens is 2. The van der Waals surface area contributed by atoms with Crippen molar-refractivity contribution < 1.29 is 0 Å². The molecule has 2 aromatic heterocycles. The molecule has 0 amide bonds. The number of benzene rings is 9. The molecule has 13 rings (SSSR count). The van der Waals surface area contributed by atoms with Crippen molar-refractivity contribution in [3.8, 4) is 11.4 Å². The number of para-hydroxylation sites is 4. The molecule has 9 aromatic carbocycles. The van der Waals surface area contributed by atoms with E-state index in [1.165, 1.54) is 122 Å². The Morgan fingerprint density at radius 3 is 0.908 bits per heavy atom. The van der Waals surface area contributed by atoms with E-state index in [4.69, 9.17) is 0 Å². The first-order valence-electron chi connectivity index (χ1n) is 27.5. The van der Waals surface area contributed by atoms with Gasteiger partial charge in [-0.05, 0) is 170 Å². The van der Waals surface area contributed by atoms with Crippen molar-refractivity contribution in [2.45, 2.75) is 112 Å². The average molecular weight is 989 g/mol.